The number of hydrogen-bond acceptors (Lipinski definition) is 4. The van der Waals surface area contributed by atoms with E-state index in [-0.39, 0.29) is 0 Å². The van der Waals surface area contributed by atoms with E-state index >= 15 is 0 Å². The van der Waals surface area contributed by atoms with Crippen LogP contribution in [0, 0.1) is 0 Å². The number of carbonyl (C=O) groups is 2. The van der Waals surface area contributed by atoms with Crippen LogP contribution in [0.2, 0.25) is 0 Å². The molecule has 0 rings (SSSR count). The Morgan fingerprint density at radius 1 is 1.33 bits per heavy atom. The van der Waals surface area contributed by atoms with E-state index in [0.717, 1.165) is 0 Å². The van der Waals surface area contributed by atoms with Gasteiger partial charge in [-0.1, -0.05) is 13.8 Å². The maximum absolute atomic E-state index is 10.1. The second-order valence-electron chi connectivity index (χ2n) is 3.43. The fraction of sp³-hybridized carbons (Fsp3) is 0.778. The van der Waals surface area contributed by atoms with Crippen molar-refractivity contribution >= 4 is 11.9 Å². The summed E-state index contributed by atoms with van der Waals surface area (Å²) in [6.45, 7) is 4.97. The average molecular weight is 220 g/mol. The van der Waals surface area contributed by atoms with E-state index in [1.54, 1.807) is 13.8 Å². The van der Waals surface area contributed by atoms with Gasteiger partial charge in [0, 0.05) is 0 Å². The van der Waals surface area contributed by atoms with Crippen LogP contribution in [0.25, 0.3) is 0 Å². The molecule has 0 aromatic carbocycles. The molecule has 0 aliphatic carbocycles. The van der Waals surface area contributed by atoms with E-state index in [2.05, 4.69) is 0 Å². The van der Waals surface area contributed by atoms with Crippen molar-refractivity contribution in [2.24, 2.45) is 11.5 Å². The van der Waals surface area contributed by atoms with Crippen molar-refractivity contribution in [2.45, 2.75) is 45.2 Å². The zero-order valence-corrected chi connectivity index (χ0v) is 9.36. The van der Waals surface area contributed by atoms with Crippen LogP contribution in [0.15, 0.2) is 0 Å². The van der Waals surface area contributed by atoms with Gasteiger partial charge in [0.05, 0.1) is 0 Å². The van der Waals surface area contributed by atoms with E-state index < -0.39 is 23.5 Å². The number of carboxylic acid groups (broad SMARTS) is 2. The van der Waals surface area contributed by atoms with Gasteiger partial charge in [-0.2, -0.15) is 0 Å². The molecule has 2 atom stereocenters. The zero-order chi connectivity index (χ0) is 12.6. The van der Waals surface area contributed by atoms with Crippen LogP contribution in [0.1, 0.15) is 33.6 Å². The van der Waals surface area contributed by atoms with Crippen molar-refractivity contribution in [3.8, 4) is 0 Å². The summed E-state index contributed by atoms with van der Waals surface area (Å²) in [5, 5.41) is 16.4. The van der Waals surface area contributed by atoms with Gasteiger partial charge in [0.1, 0.15) is 11.6 Å². The van der Waals surface area contributed by atoms with Crippen LogP contribution in [0.3, 0.4) is 0 Å². The summed E-state index contributed by atoms with van der Waals surface area (Å²) >= 11 is 0. The highest BCUT2D eigenvalue weighted by molar-refractivity contribution is 5.77. The summed E-state index contributed by atoms with van der Waals surface area (Å²) in [4.78, 5) is 19.9. The molecule has 6 heteroatoms. The molecule has 2 unspecified atom stereocenters. The fourth-order valence-electron chi connectivity index (χ4n) is 0.326. The Hall–Kier alpha value is -1.14. The summed E-state index contributed by atoms with van der Waals surface area (Å²) in [7, 11) is 0. The van der Waals surface area contributed by atoms with Crippen molar-refractivity contribution in [1.82, 2.24) is 0 Å². The van der Waals surface area contributed by atoms with Gasteiger partial charge in [0.15, 0.2) is 0 Å². The topological polar surface area (TPSA) is 127 Å². The van der Waals surface area contributed by atoms with Crippen LogP contribution >= 0.6 is 0 Å². The molecule has 0 heterocycles. The SMILES string of the molecule is CCC(C)(N)C(=O)O.CCC(N)C(=O)O. The van der Waals surface area contributed by atoms with Crippen LogP contribution in [0.4, 0.5) is 0 Å². The lowest BCUT2D eigenvalue weighted by Crippen LogP contribution is -2.43. The summed E-state index contributed by atoms with van der Waals surface area (Å²) in [6.07, 6.45) is 0.956. The minimum absolute atomic E-state index is 0.461. The van der Waals surface area contributed by atoms with Gasteiger partial charge < -0.3 is 21.7 Å². The van der Waals surface area contributed by atoms with Crippen LogP contribution in [0.5, 0.6) is 0 Å². The smallest absolute Gasteiger partial charge is 0.323 e. The predicted octanol–water partition coefficient (Wildman–Crippen LogP) is 0.00670. The molecule has 0 aromatic heterocycles. The Balaban J connectivity index is 0. The van der Waals surface area contributed by atoms with Crippen molar-refractivity contribution in [1.29, 1.82) is 0 Å². The van der Waals surface area contributed by atoms with Gasteiger partial charge in [0.2, 0.25) is 0 Å². The Morgan fingerprint density at radius 3 is 1.73 bits per heavy atom. The molecule has 0 bridgehead atoms. The molecular formula is C9H20N2O4. The maximum Gasteiger partial charge on any atom is 0.323 e. The van der Waals surface area contributed by atoms with Crippen LogP contribution in [-0.4, -0.2) is 33.7 Å². The molecule has 0 aromatic rings. The highest BCUT2D eigenvalue weighted by Gasteiger charge is 2.24. The number of aliphatic carboxylic acids is 2. The van der Waals surface area contributed by atoms with Gasteiger partial charge in [-0.05, 0) is 19.8 Å². The third-order valence-electron chi connectivity index (χ3n) is 1.98. The molecular weight excluding hydrogens is 200 g/mol. The monoisotopic (exact) mass is 220 g/mol. The molecule has 0 aliphatic heterocycles. The first-order valence-electron chi connectivity index (χ1n) is 4.69. The van der Waals surface area contributed by atoms with Crippen molar-refractivity contribution < 1.29 is 19.8 Å². The highest BCUT2D eigenvalue weighted by atomic mass is 16.4. The quantitative estimate of drug-likeness (QED) is 0.528. The van der Waals surface area contributed by atoms with Gasteiger partial charge in [-0.15, -0.1) is 0 Å². The number of rotatable bonds is 4. The number of carboxylic acids is 2. The Labute approximate surface area is 89.3 Å². The summed E-state index contributed by atoms with van der Waals surface area (Å²) in [5.74, 6) is -1.87. The Kier molecular flexibility index (Phi) is 7.81. The molecule has 0 spiro atoms. The molecule has 0 fully saturated rings. The third-order valence-corrected chi connectivity index (χ3v) is 1.98. The van der Waals surface area contributed by atoms with E-state index in [1.165, 1.54) is 6.92 Å². The molecule has 6 N–H and O–H groups in total. The lowest BCUT2D eigenvalue weighted by molar-refractivity contribution is -0.142. The van der Waals surface area contributed by atoms with E-state index in [4.69, 9.17) is 21.7 Å². The van der Waals surface area contributed by atoms with Gasteiger partial charge in [-0.3, -0.25) is 9.59 Å². The lowest BCUT2D eigenvalue weighted by atomic mass is 10.0. The third kappa shape index (κ3) is 7.90. The highest BCUT2D eigenvalue weighted by Crippen LogP contribution is 2.02. The largest absolute Gasteiger partial charge is 0.480 e. The van der Waals surface area contributed by atoms with Gasteiger partial charge in [-0.25, -0.2) is 0 Å². The van der Waals surface area contributed by atoms with Crippen molar-refractivity contribution in [3.05, 3.63) is 0 Å². The molecule has 0 saturated carbocycles. The van der Waals surface area contributed by atoms with Crippen LogP contribution < -0.4 is 11.5 Å². The molecule has 15 heavy (non-hydrogen) atoms. The second kappa shape index (κ2) is 7.19. The molecule has 90 valence electrons. The van der Waals surface area contributed by atoms with Crippen molar-refractivity contribution in [2.75, 3.05) is 0 Å². The average Bonchev–Trinajstić information content (AvgIpc) is 2.17. The predicted molar refractivity (Wildman–Crippen MR) is 56.4 cm³/mol. The molecule has 0 aliphatic rings. The summed E-state index contributed by atoms with van der Waals surface area (Å²) in [5.41, 5.74) is 9.23. The van der Waals surface area contributed by atoms with E-state index in [9.17, 15) is 9.59 Å². The Bertz CT molecular complexity index is 216. The van der Waals surface area contributed by atoms with Crippen LogP contribution in [-0.2, 0) is 9.59 Å². The van der Waals surface area contributed by atoms with E-state index in [1.807, 2.05) is 0 Å². The number of hydrogen-bond donors (Lipinski definition) is 4. The molecule has 0 amide bonds. The number of nitrogens with two attached hydrogens (primary N) is 2. The maximum atomic E-state index is 10.1. The van der Waals surface area contributed by atoms with Gasteiger partial charge in [0.25, 0.3) is 0 Å². The molecule has 0 radical (unpaired) electrons. The van der Waals surface area contributed by atoms with Crippen molar-refractivity contribution in [3.63, 3.8) is 0 Å². The first-order chi connectivity index (χ1) is 6.68. The van der Waals surface area contributed by atoms with E-state index in [0.29, 0.717) is 12.8 Å². The first kappa shape index (κ1) is 16.3. The Morgan fingerprint density at radius 2 is 1.73 bits per heavy atom. The minimum atomic E-state index is -1.04. The lowest BCUT2D eigenvalue weighted by Gasteiger charge is -2.14. The standard InChI is InChI=1S/C5H11NO2.C4H9NO2/c1-3-5(2,6)4(7)8;1-2-3(5)4(6)7/h3,6H2,1-2H3,(H,7,8);3H,2,5H2,1H3,(H,6,7). The molecule has 0 saturated heterocycles. The first-order valence-corrected chi connectivity index (χ1v) is 4.69. The summed E-state index contributed by atoms with van der Waals surface area (Å²) < 4.78 is 0. The fourth-order valence-corrected chi connectivity index (χ4v) is 0.326. The molecule has 6 nitrogen and oxygen atoms in total. The summed E-state index contributed by atoms with van der Waals surface area (Å²) in [6, 6.07) is -0.681. The second-order valence-corrected chi connectivity index (χ2v) is 3.43. The van der Waals surface area contributed by atoms with Gasteiger partial charge >= 0.3 is 11.9 Å². The minimum Gasteiger partial charge on any atom is -0.480 e. The zero-order valence-electron chi connectivity index (χ0n) is 9.36. The normalized spacial score (nSPS) is 15.5.